The van der Waals surface area contributed by atoms with E-state index in [1.807, 2.05) is 14.1 Å². The quantitative estimate of drug-likeness (QED) is 0.623. The summed E-state index contributed by atoms with van der Waals surface area (Å²) < 4.78 is 22.8. The molecule has 0 fully saturated rings. The lowest BCUT2D eigenvalue weighted by molar-refractivity contribution is 0.450. The van der Waals surface area contributed by atoms with E-state index in [-0.39, 0.29) is 5.04 Å². The molecule has 0 spiro atoms. The van der Waals surface area contributed by atoms with Gasteiger partial charge in [0.05, 0.1) is 4.91 Å². The normalized spacial score (nSPS) is 21.0. The van der Waals surface area contributed by atoms with E-state index >= 15 is 0 Å². The highest BCUT2D eigenvalue weighted by Crippen LogP contribution is 2.16. The molecule has 1 aliphatic heterocycles. The monoisotopic (exact) mass is 188 g/mol. The Morgan fingerprint density at radius 2 is 2.08 bits per heavy atom. The highest BCUT2D eigenvalue weighted by atomic mass is 32.2. The van der Waals surface area contributed by atoms with Crippen molar-refractivity contribution in [3.05, 3.63) is 11.1 Å². The topological polar surface area (TPSA) is 49.7 Å². The zero-order chi connectivity index (χ0) is 9.35. The number of hydrogen-bond acceptors (Lipinski definition) is 4. The Labute approximate surface area is 72.5 Å². The molecule has 0 amide bonds. The molecule has 0 saturated carbocycles. The molecule has 0 atom stereocenters. The van der Waals surface area contributed by atoms with Crippen LogP contribution < -0.4 is 0 Å². The van der Waals surface area contributed by atoms with Gasteiger partial charge in [0.2, 0.25) is 9.84 Å². The van der Waals surface area contributed by atoms with Gasteiger partial charge in [-0.2, -0.15) is 0 Å². The largest absolute Gasteiger partial charge is 0.304 e. The van der Waals surface area contributed by atoms with E-state index in [1.165, 1.54) is 13.1 Å². The highest BCUT2D eigenvalue weighted by Gasteiger charge is 2.25. The van der Waals surface area contributed by atoms with Crippen molar-refractivity contribution in [3.63, 3.8) is 0 Å². The Hall–Kier alpha value is -0.680. The Balaban J connectivity index is 2.88. The minimum Gasteiger partial charge on any atom is -0.304 e. The van der Waals surface area contributed by atoms with Crippen molar-refractivity contribution < 1.29 is 8.42 Å². The average molecular weight is 188 g/mol. The number of nitrogens with zero attached hydrogens (tertiary/aromatic N) is 2. The molecule has 0 N–H and O–H groups in total. The first-order chi connectivity index (χ1) is 5.44. The van der Waals surface area contributed by atoms with Crippen molar-refractivity contribution in [1.29, 1.82) is 0 Å². The van der Waals surface area contributed by atoms with Crippen LogP contribution in [0.3, 0.4) is 0 Å². The van der Waals surface area contributed by atoms with Crippen LogP contribution in [0.4, 0.5) is 0 Å². The van der Waals surface area contributed by atoms with Crippen molar-refractivity contribution in [2.24, 2.45) is 4.99 Å². The summed E-state index contributed by atoms with van der Waals surface area (Å²) in [6.07, 6.45) is 1.42. The molecule has 4 nitrogen and oxygen atoms in total. The van der Waals surface area contributed by atoms with Crippen LogP contribution in [0, 0.1) is 0 Å². The fourth-order valence-electron chi connectivity index (χ4n) is 0.929. The fraction of sp³-hybridized carbons (Fsp3) is 0.571. The molecule has 68 valence electrons. The molecule has 0 aromatic carbocycles. The molecule has 0 aromatic heterocycles. The Kier molecular flexibility index (Phi) is 2.34. The van der Waals surface area contributed by atoms with Crippen molar-refractivity contribution >= 4 is 14.9 Å². The summed E-state index contributed by atoms with van der Waals surface area (Å²) in [6.45, 7) is 1.93. The van der Waals surface area contributed by atoms with Gasteiger partial charge < -0.3 is 4.90 Å². The number of rotatable bonds is 2. The number of aliphatic imine (C=N–C) groups is 1. The van der Waals surface area contributed by atoms with E-state index in [0.29, 0.717) is 11.4 Å². The zero-order valence-corrected chi connectivity index (χ0v) is 8.22. The average Bonchev–Trinajstić information content (AvgIpc) is 2.15. The first-order valence-electron chi connectivity index (χ1n) is 3.58. The van der Waals surface area contributed by atoms with E-state index in [0.717, 1.165) is 0 Å². The van der Waals surface area contributed by atoms with Gasteiger partial charge in [0.15, 0.2) is 0 Å². The van der Waals surface area contributed by atoms with E-state index in [1.54, 1.807) is 4.90 Å². The Morgan fingerprint density at radius 3 is 2.42 bits per heavy atom. The van der Waals surface area contributed by atoms with E-state index in [4.69, 9.17) is 0 Å². The molecule has 1 rings (SSSR count). The van der Waals surface area contributed by atoms with Gasteiger partial charge in [-0.1, -0.05) is 0 Å². The first-order valence-corrected chi connectivity index (χ1v) is 5.06. The van der Waals surface area contributed by atoms with Gasteiger partial charge in [-0.05, 0) is 21.0 Å². The third-order valence-electron chi connectivity index (χ3n) is 1.60. The molecular weight excluding hydrogens is 176 g/mol. The second kappa shape index (κ2) is 2.99. The van der Waals surface area contributed by atoms with Gasteiger partial charge in [0, 0.05) is 12.7 Å². The smallest absolute Gasteiger partial charge is 0.218 e. The van der Waals surface area contributed by atoms with E-state index in [9.17, 15) is 8.42 Å². The molecule has 0 radical (unpaired) electrons. The summed E-state index contributed by atoms with van der Waals surface area (Å²) in [4.78, 5) is 5.95. The van der Waals surface area contributed by atoms with Crippen LogP contribution in [-0.4, -0.2) is 39.0 Å². The number of likely N-dealkylation sites (N-methyl/N-ethyl adjacent to an activating group) is 1. The summed E-state index contributed by atoms with van der Waals surface area (Å²) >= 11 is 0. The third kappa shape index (κ3) is 1.56. The first kappa shape index (κ1) is 9.41. The van der Waals surface area contributed by atoms with Gasteiger partial charge in [0.25, 0.3) is 0 Å². The van der Waals surface area contributed by atoms with Gasteiger partial charge in [-0.15, -0.1) is 0 Å². The minimum atomic E-state index is -3.19. The summed E-state index contributed by atoms with van der Waals surface area (Å²) in [7, 11) is 0.455. The molecule has 1 aliphatic rings. The second-order valence-electron chi connectivity index (χ2n) is 2.98. The van der Waals surface area contributed by atoms with Crippen molar-refractivity contribution in [2.75, 3.05) is 20.6 Å². The summed E-state index contributed by atoms with van der Waals surface area (Å²) in [5, 5.41) is 0.194. The van der Waals surface area contributed by atoms with E-state index in [2.05, 4.69) is 4.99 Å². The predicted molar refractivity (Wildman–Crippen MR) is 48.7 cm³/mol. The van der Waals surface area contributed by atoms with Gasteiger partial charge >= 0.3 is 0 Å². The SMILES string of the molecule is CC1=NC=C(CN(C)C)S1(=O)=O. The molecule has 5 heteroatoms. The van der Waals surface area contributed by atoms with Crippen LogP contribution in [0.25, 0.3) is 0 Å². The van der Waals surface area contributed by atoms with Gasteiger partial charge in [-0.25, -0.2) is 13.4 Å². The zero-order valence-electron chi connectivity index (χ0n) is 7.40. The van der Waals surface area contributed by atoms with Crippen molar-refractivity contribution in [2.45, 2.75) is 6.92 Å². The van der Waals surface area contributed by atoms with Crippen molar-refractivity contribution in [3.8, 4) is 0 Å². The number of hydrogen-bond donors (Lipinski definition) is 0. The molecule has 0 saturated heterocycles. The molecule has 0 aromatic rings. The fourth-order valence-corrected chi connectivity index (χ4v) is 2.12. The van der Waals surface area contributed by atoms with Gasteiger partial charge in [0.1, 0.15) is 5.04 Å². The lowest BCUT2D eigenvalue weighted by atomic mass is 10.5. The molecule has 12 heavy (non-hydrogen) atoms. The minimum absolute atomic E-state index is 0.194. The van der Waals surface area contributed by atoms with E-state index < -0.39 is 9.84 Å². The highest BCUT2D eigenvalue weighted by molar-refractivity contribution is 8.09. The Bertz CT molecular complexity index is 338. The van der Waals surface area contributed by atoms with Crippen molar-refractivity contribution in [1.82, 2.24) is 4.90 Å². The molecule has 1 heterocycles. The maximum absolute atomic E-state index is 11.4. The summed E-state index contributed by atoms with van der Waals surface area (Å²) in [5.41, 5.74) is 0. The van der Waals surface area contributed by atoms with Crippen LogP contribution in [0.5, 0.6) is 0 Å². The summed E-state index contributed by atoms with van der Waals surface area (Å²) in [6, 6.07) is 0. The molecular formula is C7H12N2O2S. The lowest BCUT2D eigenvalue weighted by Crippen LogP contribution is -2.21. The maximum Gasteiger partial charge on any atom is 0.218 e. The summed E-state index contributed by atoms with van der Waals surface area (Å²) in [5.74, 6) is 0. The number of sulfone groups is 1. The predicted octanol–water partition coefficient (Wildman–Crippen LogP) is 0.236. The van der Waals surface area contributed by atoms with Crippen LogP contribution in [-0.2, 0) is 9.84 Å². The lowest BCUT2D eigenvalue weighted by Gasteiger charge is -2.09. The third-order valence-corrected chi connectivity index (χ3v) is 3.40. The van der Waals surface area contributed by atoms with Gasteiger partial charge in [-0.3, -0.25) is 0 Å². The van der Waals surface area contributed by atoms with Crippen LogP contribution in [0.1, 0.15) is 6.92 Å². The Morgan fingerprint density at radius 1 is 1.50 bits per heavy atom. The second-order valence-corrected chi connectivity index (χ2v) is 5.11. The van der Waals surface area contributed by atoms with Crippen LogP contribution in [0.2, 0.25) is 0 Å². The van der Waals surface area contributed by atoms with Crippen LogP contribution in [0.15, 0.2) is 16.1 Å². The maximum atomic E-state index is 11.4. The molecule has 0 aliphatic carbocycles. The molecule has 0 unspecified atom stereocenters. The standard InChI is InChI=1S/C7H12N2O2S/c1-6-8-4-7(5-9(2)3)12(6,10)11/h4H,5H2,1-3H3. The van der Waals surface area contributed by atoms with Crippen LogP contribution >= 0.6 is 0 Å². The molecule has 0 bridgehead atoms.